The van der Waals surface area contributed by atoms with Gasteiger partial charge < -0.3 is 19.5 Å². The number of ether oxygens (including phenoxy) is 2. The highest BCUT2D eigenvalue weighted by Gasteiger charge is 2.39. The minimum atomic E-state index is -0.0228. The van der Waals surface area contributed by atoms with Crippen molar-refractivity contribution in [3.8, 4) is 0 Å². The number of rotatable bonds is 36. The normalized spacial score (nSPS) is 15.9. The molecule has 0 radical (unpaired) electrons. The predicted molar refractivity (Wildman–Crippen MR) is 198 cm³/mol. The highest BCUT2D eigenvalue weighted by molar-refractivity contribution is 5.70. The number of hydrogen-bond acceptors (Lipinski definition) is 6. The van der Waals surface area contributed by atoms with Gasteiger partial charge in [0.2, 0.25) is 0 Å². The van der Waals surface area contributed by atoms with E-state index in [1.54, 1.807) is 0 Å². The fourth-order valence-electron chi connectivity index (χ4n) is 6.76. The molecule has 1 aliphatic carbocycles. The number of unbranched alkanes of at least 4 members (excludes halogenated alkanes) is 18. The largest absolute Gasteiger partial charge is 0.462 e. The zero-order valence-electron chi connectivity index (χ0n) is 31.6. The molecule has 1 saturated carbocycles. The summed E-state index contributed by atoms with van der Waals surface area (Å²) in [4.78, 5) is 27.3. The van der Waals surface area contributed by atoms with Crippen molar-refractivity contribution >= 4 is 11.9 Å². The van der Waals surface area contributed by atoms with Crippen molar-refractivity contribution in [3.05, 3.63) is 0 Å². The zero-order chi connectivity index (χ0) is 34.2. The van der Waals surface area contributed by atoms with Gasteiger partial charge in [-0.25, -0.2) is 0 Å². The molecule has 0 bridgehead atoms. The maximum atomic E-state index is 12.7. The molecule has 6 heteroatoms. The molecular formula is C41H79NO5. The number of hydrogen-bond donors (Lipinski definition) is 1. The van der Waals surface area contributed by atoms with E-state index in [1.165, 1.54) is 116 Å². The van der Waals surface area contributed by atoms with E-state index in [0.29, 0.717) is 25.3 Å². The maximum Gasteiger partial charge on any atom is 0.306 e. The first-order valence-electron chi connectivity index (χ1n) is 20.8. The monoisotopic (exact) mass is 666 g/mol. The van der Waals surface area contributed by atoms with E-state index in [2.05, 4.69) is 25.7 Å². The summed E-state index contributed by atoms with van der Waals surface area (Å²) in [5, 5.41) is 9.54. The molecule has 0 aromatic heterocycles. The Morgan fingerprint density at radius 3 is 1.60 bits per heavy atom. The van der Waals surface area contributed by atoms with Gasteiger partial charge in [-0.15, -0.1) is 0 Å². The molecule has 0 aromatic rings. The summed E-state index contributed by atoms with van der Waals surface area (Å²) < 4.78 is 11.7. The summed E-state index contributed by atoms with van der Waals surface area (Å²) in [5.41, 5.74) is 0. The lowest BCUT2D eigenvalue weighted by molar-refractivity contribution is -0.150. The topological polar surface area (TPSA) is 76.1 Å². The van der Waals surface area contributed by atoms with Crippen molar-refractivity contribution in [2.45, 2.75) is 219 Å². The van der Waals surface area contributed by atoms with Crippen LogP contribution in [-0.2, 0) is 19.1 Å². The SMILES string of the molecule is CCCCCCCCC(CCCCCCCC)OC(=O)CCCCCN(CCO)CCCCCC(=O)OC1CC1CCCCCCC. The molecule has 2 atom stereocenters. The molecule has 0 heterocycles. The van der Waals surface area contributed by atoms with Gasteiger partial charge in [0.1, 0.15) is 12.2 Å². The lowest BCUT2D eigenvalue weighted by Gasteiger charge is -2.21. The number of carbonyl (C=O) groups excluding carboxylic acids is 2. The number of aliphatic hydroxyl groups excluding tert-OH is 1. The van der Waals surface area contributed by atoms with E-state index in [-0.39, 0.29) is 30.8 Å². The first kappa shape index (κ1) is 43.9. The quantitative estimate of drug-likeness (QED) is 0.0530. The lowest BCUT2D eigenvalue weighted by Crippen LogP contribution is -2.29. The highest BCUT2D eigenvalue weighted by Crippen LogP contribution is 2.38. The lowest BCUT2D eigenvalue weighted by atomic mass is 10.0. The number of aliphatic hydroxyl groups is 1. The highest BCUT2D eigenvalue weighted by atomic mass is 16.6. The molecule has 0 aromatic carbocycles. The van der Waals surface area contributed by atoms with E-state index in [9.17, 15) is 14.7 Å². The van der Waals surface area contributed by atoms with Crippen molar-refractivity contribution in [2.24, 2.45) is 5.92 Å². The third-order valence-corrected chi connectivity index (χ3v) is 10.0. The fourth-order valence-corrected chi connectivity index (χ4v) is 6.76. The van der Waals surface area contributed by atoms with E-state index in [4.69, 9.17) is 9.47 Å². The fraction of sp³-hybridized carbons (Fsp3) is 0.951. The molecule has 0 spiro atoms. The number of carbonyl (C=O) groups is 2. The molecule has 0 aliphatic heterocycles. The first-order chi connectivity index (χ1) is 23.0. The number of nitrogens with zero attached hydrogens (tertiary/aromatic N) is 1. The molecule has 1 fully saturated rings. The Balaban J connectivity index is 2.15. The van der Waals surface area contributed by atoms with Gasteiger partial charge in [0, 0.05) is 19.4 Å². The van der Waals surface area contributed by atoms with Gasteiger partial charge >= 0.3 is 11.9 Å². The van der Waals surface area contributed by atoms with Gasteiger partial charge in [0.05, 0.1) is 6.61 Å². The zero-order valence-corrected chi connectivity index (χ0v) is 31.6. The Kier molecular flexibility index (Phi) is 30.0. The van der Waals surface area contributed by atoms with Crippen LogP contribution in [0.1, 0.15) is 207 Å². The standard InChI is InChI=1S/C41H79NO5/c1-4-7-10-13-16-21-28-38(29-22-17-14-11-8-5-2)46-40(44)30-23-18-25-32-42(34-35-43)33-26-19-24-31-41(45)47-39-36-37(39)27-20-15-12-9-6-3/h37-39,43H,4-36H2,1-3H3. The Morgan fingerprint density at radius 1 is 0.596 bits per heavy atom. The predicted octanol–water partition coefficient (Wildman–Crippen LogP) is 11.1. The molecule has 47 heavy (non-hydrogen) atoms. The third kappa shape index (κ3) is 27.4. The first-order valence-corrected chi connectivity index (χ1v) is 20.8. The van der Waals surface area contributed by atoms with Crippen LogP contribution in [0.2, 0.25) is 0 Å². The molecule has 1 rings (SSSR count). The van der Waals surface area contributed by atoms with Crippen LogP contribution in [0.15, 0.2) is 0 Å². The van der Waals surface area contributed by atoms with E-state index >= 15 is 0 Å². The second kappa shape index (κ2) is 32.1. The van der Waals surface area contributed by atoms with Crippen molar-refractivity contribution in [1.82, 2.24) is 4.90 Å². The van der Waals surface area contributed by atoms with Gasteiger partial charge in [0.25, 0.3) is 0 Å². The van der Waals surface area contributed by atoms with Crippen LogP contribution in [0.5, 0.6) is 0 Å². The number of esters is 2. The smallest absolute Gasteiger partial charge is 0.306 e. The van der Waals surface area contributed by atoms with Crippen LogP contribution < -0.4 is 0 Å². The summed E-state index contributed by atoms with van der Waals surface area (Å²) in [6.45, 7) is 9.49. The van der Waals surface area contributed by atoms with Crippen molar-refractivity contribution < 1.29 is 24.2 Å². The second-order valence-electron chi connectivity index (χ2n) is 14.6. The van der Waals surface area contributed by atoms with Gasteiger partial charge in [-0.2, -0.15) is 0 Å². The van der Waals surface area contributed by atoms with Crippen LogP contribution in [-0.4, -0.2) is 60.4 Å². The summed E-state index contributed by atoms with van der Waals surface area (Å²) in [7, 11) is 0. The van der Waals surface area contributed by atoms with Gasteiger partial charge in [-0.05, 0) is 83.2 Å². The minimum absolute atomic E-state index is 0.0164. The van der Waals surface area contributed by atoms with Crippen molar-refractivity contribution in [2.75, 3.05) is 26.2 Å². The van der Waals surface area contributed by atoms with E-state index < -0.39 is 0 Å². The van der Waals surface area contributed by atoms with Crippen LogP contribution in [0.25, 0.3) is 0 Å². The van der Waals surface area contributed by atoms with E-state index in [0.717, 1.165) is 70.9 Å². The molecule has 1 aliphatic rings. The van der Waals surface area contributed by atoms with Gasteiger partial charge in [-0.1, -0.05) is 130 Å². The maximum absolute atomic E-state index is 12.7. The average molecular weight is 666 g/mol. The van der Waals surface area contributed by atoms with Gasteiger partial charge in [-0.3, -0.25) is 9.59 Å². The Bertz CT molecular complexity index is 700. The Labute approximate surface area is 291 Å². The summed E-state index contributed by atoms with van der Waals surface area (Å²) in [6.07, 6.45) is 33.3. The third-order valence-electron chi connectivity index (χ3n) is 10.0. The molecule has 278 valence electrons. The summed E-state index contributed by atoms with van der Waals surface area (Å²) in [6, 6.07) is 0. The minimum Gasteiger partial charge on any atom is -0.462 e. The summed E-state index contributed by atoms with van der Waals surface area (Å²) >= 11 is 0. The second-order valence-corrected chi connectivity index (χ2v) is 14.6. The molecule has 1 N–H and O–H groups in total. The van der Waals surface area contributed by atoms with Crippen LogP contribution in [0, 0.1) is 5.92 Å². The van der Waals surface area contributed by atoms with Crippen LogP contribution in [0.4, 0.5) is 0 Å². The van der Waals surface area contributed by atoms with Gasteiger partial charge in [0.15, 0.2) is 0 Å². The Hall–Kier alpha value is -1.14. The molecule has 2 unspecified atom stereocenters. The molecule has 0 amide bonds. The van der Waals surface area contributed by atoms with Crippen molar-refractivity contribution in [1.29, 1.82) is 0 Å². The molecule has 0 saturated heterocycles. The van der Waals surface area contributed by atoms with Crippen molar-refractivity contribution in [3.63, 3.8) is 0 Å². The average Bonchev–Trinajstić information content (AvgIpc) is 3.80. The van der Waals surface area contributed by atoms with Crippen LogP contribution in [0.3, 0.4) is 0 Å². The van der Waals surface area contributed by atoms with Crippen LogP contribution >= 0.6 is 0 Å². The summed E-state index contributed by atoms with van der Waals surface area (Å²) in [5.74, 6) is 0.572. The molecule has 6 nitrogen and oxygen atoms in total. The Morgan fingerprint density at radius 2 is 1.06 bits per heavy atom. The van der Waals surface area contributed by atoms with E-state index in [1.807, 2.05) is 0 Å². The molecular weight excluding hydrogens is 586 g/mol.